The molecule has 3 heterocycles. The van der Waals surface area contributed by atoms with Gasteiger partial charge in [0.15, 0.2) is 0 Å². The van der Waals surface area contributed by atoms with Crippen LogP contribution in [0.2, 0.25) is 0 Å². The van der Waals surface area contributed by atoms with Crippen molar-refractivity contribution in [1.29, 1.82) is 0 Å². The number of aromatic nitrogens is 2. The Kier molecular flexibility index (Phi) is 4.68. The van der Waals surface area contributed by atoms with Crippen LogP contribution in [0.4, 0.5) is 5.95 Å². The van der Waals surface area contributed by atoms with E-state index in [-0.39, 0.29) is 5.91 Å². The van der Waals surface area contributed by atoms with Gasteiger partial charge in [-0.1, -0.05) is 12.8 Å². The molecule has 1 fully saturated rings. The molecule has 2 aromatic rings. The minimum absolute atomic E-state index is 0.00894. The second-order valence-electron chi connectivity index (χ2n) is 5.40. The van der Waals surface area contributed by atoms with E-state index in [2.05, 4.69) is 15.3 Å². The molecule has 1 N–H and O–H groups in total. The van der Waals surface area contributed by atoms with Gasteiger partial charge in [-0.2, -0.15) is 0 Å². The summed E-state index contributed by atoms with van der Waals surface area (Å²) >= 11 is 0. The van der Waals surface area contributed by atoms with Gasteiger partial charge in [0.05, 0.1) is 12.8 Å². The van der Waals surface area contributed by atoms with Crippen LogP contribution in [0, 0.1) is 0 Å². The standard InChI is InChI=1S/C16H20N4O2/c21-15(20-9-3-1-2-4-10-20)14-7-8-17-16(19-14)18-12-13-6-5-11-22-13/h5-8,11H,1-4,9-10,12H2,(H,17,18,19). The van der Waals surface area contributed by atoms with E-state index in [9.17, 15) is 4.79 Å². The van der Waals surface area contributed by atoms with Crippen LogP contribution in [0.25, 0.3) is 0 Å². The molecule has 6 heteroatoms. The molecule has 0 unspecified atom stereocenters. The zero-order valence-electron chi connectivity index (χ0n) is 12.5. The molecule has 3 rings (SSSR count). The fourth-order valence-electron chi connectivity index (χ4n) is 2.58. The van der Waals surface area contributed by atoms with Gasteiger partial charge >= 0.3 is 0 Å². The second-order valence-corrected chi connectivity index (χ2v) is 5.40. The highest BCUT2D eigenvalue weighted by Gasteiger charge is 2.18. The van der Waals surface area contributed by atoms with Gasteiger partial charge in [-0.25, -0.2) is 9.97 Å². The van der Waals surface area contributed by atoms with Crippen LogP contribution in [-0.2, 0) is 6.54 Å². The van der Waals surface area contributed by atoms with Crippen LogP contribution >= 0.6 is 0 Å². The first-order valence-corrected chi connectivity index (χ1v) is 7.71. The van der Waals surface area contributed by atoms with Gasteiger partial charge < -0.3 is 14.6 Å². The number of anilines is 1. The molecular formula is C16H20N4O2. The number of likely N-dealkylation sites (tertiary alicyclic amines) is 1. The Balaban J connectivity index is 1.65. The van der Waals surface area contributed by atoms with Crippen molar-refractivity contribution < 1.29 is 9.21 Å². The Morgan fingerprint density at radius 3 is 2.77 bits per heavy atom. The van der Waals surface area contributed by atoms with E-state index >= 15 is 0 Å². The summed E-state index contributed by atoms with van der Waals surface area (Å²) in [5.41, 5.74) is 0.443. The van der Waals surface area contributed by atoms with E-state index in [1.54, 1.807) is 18.5 Å². The number of furan rings is 1. The van der Waals surface area contributed by atoms with E-state index in [4.69, 9.17) is 4.42 Å². The summed E-state index contributed by atoms with van der Waals surface area (Å²) in [6.45, 7) is 2.13. The van der Waals surface area contributed by atoms with E-state index in [1.807, 2.05) is 17.0 Å². The molecule has 0 bridgehead atoms. The molecular weight excluding hydrogens is 280 g/mol. The third kappa shape index (κ3) is 3.63. The lowest BCUT2D eigenvalue weighted by molar-refractivity contribution is 0.0755. The maximum absolute atomic E-state index is 12.5. The molecule has 1 aliphatic heterocycles. The molecule has 22 heavy (non-hydrogen) atoms. The normalized spacial score (nSPS) is 15.4. The van der Waals surface area contributed by atoms with Crippen molar-refractivity contribution in [3.8, 4) is 0 Å². The second kappa shape index (κ2) is 7.06. The summed E-state index contributed by atoms with van der Waals surface area (Å²) in [6.07, 6.45) is 7.77. The third-order valence-corrected chi connectivity index (χ3v) is 3.77. The molecule has 6 nitrogen and oxygen atoms in total. The highest BCUT2D eigenvalue weighted by Crippen LogP contribution is 2.13. The first kappa shape index (κ1) is 14.6. The Hall–Kier alpha value is -2.37. The molecule has 0 aromatic carbocycles. The highest BCUT2D eigenvalue weighted by molar-refractivity contribution is 5.92. The third-order valence-electron chi connectivity index (χ3n) is 3.77. The smallest absolute Gasteiger partial charge is 0.272 e. The van der Waals surface area contributed by atoms with Crippen LogP contribution in [-0.4, -0.2) is 33.9 Å². The molecule has 0 radical (unpaired) electrons. The van der Waals surface area contributed by atoms with Gasteiger partial charge in [0.2, 0.25) is 5.95 Å². The number of nitrogens with one attached hydrogen (secondary N) is 1. The number of hydrogen-bond donors (Lipinski definition) is 1. The fraction of sp³-hybridized carbons (Fsp3) is 0.438. The number of hydrogen-bond acceptors (Lipinski definition) is 5. The molecule has 1 saturated heterocycles. The van der Waals surface area contributed by atoms with E-state index in [0.29, 0.717) is 18.2 Å². The van der Waals surface area contributed by atoms with E-state index < -0.39 is 0 Å². The van der Waals surface area contributed by atoms with Crippen LogP contribution in [0.1, 0.15) is 41.9 Å². The number of carbonyl (C=O) groups is 1. The van der Waals surface area contributed by atoms with Gasteiger partial charge in [0.25, 0.3) is 5.91 Å². The monoisotopic (exact) mass is 300 g/mol. The Morgan fingerprint density at radius 2 is 2.05 bits per heavy atom. The average molecular weight is 300 g/mol. The van der Waals surface area contributed by atoms with Crippen molar-refractivity contribution in [3.05, 3.63) is 42.1 Å². The van der Waals surface area contributed by atoms with Crippen molar-refractivity contribution in [2.24, 2.45) is 0 Å². The molecule has 116 valence electrons. The van der Waals surface area contributed by atoms with E-state index in [0.717, 1.165) is 31.7 Å². The lowest BCUT2D eigenvalue weighted by Gasteiger charge is -2.19. The zero-order chi connectivity index (χ0) is 15.2. The summed E-state index contributed by atoms with van der Waals surface area (Å²) in [6, 6.07) is 5.38. The van der Waals surface area contributed by atoms with Gasteiger partial charge in [-0.15, -0.1) is 0 Å². The van der Waals surface area contributed by atoms with Gasteiger partial charge in [0, 0.05) is 19.3 Å². The number of carbonyl (C=O) groups excluding carboxylic acids is 1. The minimum atomic E-state index is -0.00894. The summed E-state index contributed by atoms with van der Waals surface area (Å²) in [5.74, 6) is 1.23. The quantitative estimate of drug-likeness (QED) is 0.940. The number of rotatable bonds is 4. The Labute approximate surface area is 129 Å². The van der Waals surface area contributed by atoms with Crippen molar-refractivity contribution in [3.63, 3.8) is 0 Å². The summed E-state index contributed by atoms with van der Waals surface area (Å²) in [7, 11) is 0. The largest absolute Gasteiger partial charge is 0.467 e. The Bertz CT molecular complexity index is 604. The molecule has 0 spiro atoms. The maximum Gasteiger partial charge on any atom is 0.272 e. The predicted molar refractivity (Wildman–Crippen MR) is 82.4 cm³/mol. The van der Waals surface area contributed by atoms with Crippen molar-refractivity contribution >= 4 is 11.9 Å². The zero-order valence-corrected chi connectivity index (χ0v) is 12.5. The fourth-order valence-corrected chi connectivity index (χ4v) is 2.58. The molecule has 1 aliphatic rings. The topological polar surface area (TPSA) is 71.3 Å². The molecule has 0 atom stereocenters. The van der Waals surface area contributed by atoms with Crippen molar-refractivity contribution in [2.75, 3.05) is 18.4 Å². The maximum atomic E-state index is 12.5. The van der Waals surface area contributed by atoms with Crippen molar-refractivity contribution in [2.45, 2.75) is 32.2 Å². The predicted octanol–water partition coefficient (Wildman–Crippen LogP) is 2.70. The summed E-state index contributed by atoms with van der Waals surface area (Å²) in [4.78, 5) is 22.9. The molecule has 0 aliphatic carbocycles. The van der Waals surface area contributed by atoms with Crippen molar-refractivity contribution in [1.82, 2.24) is 14.9 Å². The number of amides is 1. The number of nitrogens with zero attached hydrogens (tertiary/aromatic N) is 3. The van der Waals surface area contributed by atoms with Gasteiger partial charge in [0.1, 0.15) is 11.5 Å². The minimum Gasteiger partial charge on any atom is -0.467 e. The molecule has 0 saturated carbocycles. The summed E-state index contributed by atoms with van der Waals surface area (Å²) in [5, 5.41) is 3.07. The first-order chi connectivity index (χ1) is 10.8. The molecule has 2 aromatic heterocycles. The lowest BCUT2D eigenvalue weighted by Crippen LogP contribution is -2.32. The lowest BCUT2D eigenvalue weighted by atomic mass is 10.2. The van der Waals surface area contributed by atoms with Crippen LogP contribution in [0.5, 0.6) is 0 Å². The Morgan fingerprint density at radius 1 is 1.23 bits per heavy atom. The van der Waals surface area contributed by atoms with Crippen LogP contribution in [0.3, 0.4) is 0 Å². The van der Waals surface area contributed by atoms with Gasteiger partial charge in [-0.3, -0.25) is 4.79 Å². The molecule has 1 amide bonds. The summed E-state index contributed by atoms with van der Waals surface area (Å²) < 4.78 is 5.25. The van der Waals surface area contributed by atoms with Gasteiger partial charge in [-0.05, 0) is 31.0 Å². The van der Waals surface area contributed by atoms with E-state index in [1.165, 1.54) is 12.8 Å². The highest BCUT2D eigenvalue weighted by atomic mass is 16.3. The van der Waals surface area contributed by atoms with Crippen LogP contribution < -0.4 is 5.32 Å². The average Bonchev–Trinajstić information content (AvgIpc) is 2.93. The SMILES string of the molecule is O=C(c1ccnc(NCc2ccco2)n1)N1CCCCCC1. The van der Waals surface area contributed by atoms with Crippen LogP contribution in [0.15, 0.2) is 35.1 Å². The first-order valence-electron chi connectivity index (χ1n) is 7.71.